The van der Waals surface area contributed by atoms with E-state index in [2.05, 4.69) is 4.98 Å². The van der Waals surface area contributed by atoms with Gasteiger partial charge in [0.05, 0.1) is 10.9 Å². The summed E-state index contributed by atoms with van der Waals surface area (Å²) in [6, 6.07) is 5.02. The maximum Gasteiger partial charge on any atom is 0.207 e. The molecular weight excluding hydrogens is 277 g/mol. The molecule has 1 aromatic carbocycles. The van der Waals surface area contributed by atoms with Crippen molar-refractivity contribution in [1.29, 1.82) is 0 Å². The Balaban J connectivity index is 1.82. The van der Waals surface area contributed by atoms with E-state index in [4.69, 9.17) is 4.42 Å². The molecule has 0 saturated heterocycles. The fourth-order valence-electron chi connectivity index (χ4n) is 2.67. The van der Waals surface area contributed by atoms with E-state index >= 15 is 0 Å². The van der Waals surface area contributed by atoms with Gasteiger partial charge in [0, 0.05) is 10.8 Å². The first-order chi connectivity index (χ1) is 9.56. The third kappa shape index (κ3) is 2.30. The van der Waals surface area contributed by atoms with E-state index in [1.165, 1.54) is 6.07 Å². The van der Waals surface area contributed by atoms with Crippen LogP contribution >= 0.6 is 0 Å². The second-order valence-electron chi connectivity index (χ2n) is 5.11. The maximum absolute atomic E-state index is 13.7. The number of fused-ring (bicyclic) bond motifs is 1. The minimum atomic E-state index is -1.13. The quantitative estimate of drug-likeness (QED) is 0.871. The van der Waals surface area contributed by atoms with Gasteiger partial charge in [0.1, 0.15) is 17.3 Å². The maximum atomic E-state index is 13.7. The first-order valence-electron chi connectivity index (χ1n) is 6.63. The zero-order chi connectivity index (χ0) is 14.3. The van der Waals surface area contributed by atoms with Gasteiger partial charge in [-0.2, -0.15) is 0 Å². The summed E-state index contributed by atoms with van der Waals surface area (Å²) in [5, 5.41) is -0.117. The lowest BCUT2D eigenvalue weighted by Crippen LogP contribution is -2.06. The number of benzene rings is 1. The summed E-state index contributed by atoms with van der Waals surface area (Å²) in [7, 11) is -1.13. The van der Waals surface area contributed by atoms with E-state index in [-0.39, 0.29) is 16.8 Å². The highest BCUT2D eigenvalue weighted by Gasteiger charge is 2.30. The molecule has 1 aliphatic rings. The van der Waals surface area contributed by atoms with Crippen molar-refractivity contribution in [2.24, 2.45) is 0 Å². The topological polar surface area (TPSA) is 43.1 Å². The summed E-state index contributed by atoms with van der Waals surface area (Å²) in [5.74, 6) is 1.36. The third-order valence-corrected chi connectivity index (χ3v) is 5.47. The van der Waals surface area contributed by atoms with Gasteiger partial charge in [-0.3, -0.25) is 4.21 Å². The van der Waals surface area contributed by atoms with Crippen molar-refractivity contribution < 1.29 is 13.0 Å². The van der Waals surface area contributed by atoms with Gasteiger partial charge in [-0.15, -0.1) is 0 Å². The van der Waals surface area contributed by atoms with Crippen LogP contribution in [0.1, 0.15) is 40.1 Å². The average molecular weight is 293 g/mol. The van der Waals surface area contributed by atoms with Crippen LogP contribution in [0.25, 0.3) is 0 Å². The number of oxazole rings is 1. The number of nitrogens with zero attached hydrogens (tertiary/aromatic N) is 1. The SMILES string of the molecule is Cc1nc(C[S@](=O)[C@H]2CCc3c(F)cccc32)oc1C. The molecule has 0 saturated carbocycles. The average Bonchev–Trinajstić information content (AvgIpc) is 2.95. The molecule has 0 bridgehead atoms. The predicted molar refractivity (Wildman–Crippen MR) is 75.3 cm³/mol. The van der Waals surface area contributed by atoms with E-state index in [9.17, 15) is 8.60 Å². The van der Waals surface area contributed by atoms with Crippen molar-refractivity contribution >= 4 is 10.8 Å². The van der Waals surface area contributed by atoms with E-state index < -0.39 is 10.8 Å². The van der Waals surface area contributed by atoms with Gasteiger partial charge in [0.15, 0.2) is 0 Å². The molecule has 3 rings (SSSR count). The van der Waals surface area contributed by atoms with Crippen LogP contribution in [-0.4, -0.2) is 9.19 Å². The molecule has 2 aromatic rings. The highest BCUT2D eigenvalue weighted by Crippen LogP contribution is 2.37. The molecule has 0 fully saturated rings. The molecule has 0 aliphatic heterocycles. The largest absolute Gasteiger partial charge is 0.445 e. The molecule has 0 spiro atoms. The van der Waals surface area contributed by atoms with Gasteiger partial charge in [-0.1, -0.05) is 12.1 Å². The Morgan fingerprint density at radius 1 is 1.45 bits per heavy atom. The molecule has 0 unspecified atom stereocenters. The van der Waals surface area contributed by atoms with E-state index in [1.54, 1.807) is 6.07 Å². The van der Waals surface area contributed by atoms with Crippen LogP contribution in [0.2, 0.25) is 0 Å². The second-order valence-corrected chi connectivity index (χ2v) is 6.73. The van der Waals surface area contributed by atoms with Crippen LogP contribution in [-0.2, 0) is 23.0 Å². The molecule has 5 heteroatoms. The van der Waals surface area contributed by atoms with Crippen LogP contribution in [0.5, 0.6) is 0 Å². The second kappa shape index (κ2) is 5.13. The van der Waals surface area contributed by atoms with Gasteiger partial charge >= 0.3 is 0 Å². The summed E-state index contributed by atoms with van der Waals surface area (Å²) in [6.07, 6.45) is 1.38. The summed E-state index contributed by atoms with van der Waals surface area (Å²) in [5.41, 5.74) is 2.42. The Kier molecular flexibility index (Phi) is 3.46. The molecule has 1 aliphatic carbocycles. The van der Waals surface area contributed by atoms with Crippen molar-refractivity contribution in [2.75, 3.05) is 0 Å². The van der Waals surface area contributed by atoms with Crippen molar-refractivity contribution in [3.63, 3.8) is 0 Å². The Hall–Kier alpha value is -1.49. The van der Waals surface area contributed by atoms with Gasteiger partial charge in [-0.05, 0) is 43.9 Å². The Morgan fingerprint density at radius 3 is 2.95 bits per heavy atom. The molecule has 3 nitrogen and oxygen atoms in total. The Bertz CT molecular complexity index is 661. The normalized spacial score (nSPS) is 19.1. The summed E-state index contributed by atoms with van der Waals surface area (Å²) in [6.45, 7) is 3.71. The number of halogens is 1. The fraction of sp³-hybridized carbons (Fsp3) is 0.400. The summed E-state index contributed by atoms with van der Waals surface area (Å²) < 4.78 is 31.7. The molecule has 106 valence electrons. The highest BCUT2D eigenvalue weighted by molar-refractivity contribution is 7.84. The van der Waals surface area contributed by atoms with E-state index in [0.29, 0.717) is 17.9 Å². The minimum absolute atomic E-state index is 0.117. The number of aromatic nitrogens is 1. The van der Waals surface area contributed by atoms with Crippen LogP contribution in [0.3, 0.4) is 0 Å². The molecule has 0 amide bonds. The van der Waals surface area contributed by atoms with E-state index in [0.717, 1.165) is 23.4 Å². The molecule has 0 radical (unpaired) electrons. The number of aryl methyl sites for hydroxylation is 2. The lowest BCUT2D eigenvalue weighted by Gasteiger charge is -2.10. The standard InChI is InChI=1S/C15H16FNO2S/c1-9-10(2)19-15(17-9)8-20(18)14-7-6-11-12(14)4-3-5-13(11)16/h3-5,14H,6-8H2,1-2H3/t14-,20-/m0/s1. The molecule has 1 heterocycles. The van der Waals surface area contributed by atoms with Crippen LogP contribution in [0.15, 0.2) is 22.6 Å². The fourth-order valence-corrected chi connectivity index (χ4v) is 4.12. The van der Waals surface area contributed by atoms with E-state index in [1.807, 2.05) is 19.9 Å². The number of rotatable bonds is 3. The van der Waals surface area contributed by atoms with Crippen molar-refractivity contribution in [3.8, 4) is 0 Å². The summed E-state index contributed by atoms with van der Waals surface area (Å²) in [4.78, 5) is 4.26. The molecule has 2 atom stereocenters. The molecule has 1 aromatic heterocycles. The van der Waals surface area contributed by atoms with Gasteiger partial charge in [0.25, 0.3) is 0 Å². The van der Waals surface area contributed by atoms with Crippen molar-refractivity contribution in [2.45, 2.75) is 37.7 Å². The molecule has 20 heavy (non-hydrogen) atoms. The zero-order valence-corrected chi connectivity index (χ0v) is 12.3. The van der Waals surface area contributed by atoms with Crippen molar-refractivity contribution in [3.05, 3.63) is 52.5 Å². The zero-order valence-electron chi connectivity index (χ0n) is 11.5. The predicted octanol–water partition coefficient (Wildman–Crippen LogP) is 3.37. The van der Waals surface area contributed by atoms with Crippen LogP contribution < -0.4 is 0 Å². The number of hydrogen-bond donors (Lipinski definition) is 0. The van der Waals surface area contributed by atoms with Gasteiger partial charge in [-0.25, -0.2) is 9.37 Å². The lowest BCUT2D eigenvalue weighted by molar-refractivity contribution is 0.487. The first-order valence-corrected chi connectivity index (χ1v) is 8.02. The smallest absolute Gasteiger partial charge is 0.207 e. The Labute approximate surface area is 119 Å². The van der Waals surface area contributed by atoms with Crippen LogP contribution in [0.4, 0.5) is 4.39 Å². The van der Waals surface area contributed by atoms with Gasteiger partial charge in [0.2, 0.25) is 5.89 Å². The van der Waals surface area contributed by atoms with Crippen molar-refractivity contribution in [1.82, 2.24) is 4.98 Å². The highest BCUT2D eigenvalue weighted by atomic mass is 32.2. The first kappa shape index (κ1) is 13.5. The monoisotopic (exact) mass is 293 g/mol. The number of hydrogen-bond acceptors (Lipinski definition) is 3. The van der Waals surface area contributed by atoms with Crippen LogP contribution in [0, 0.1) is 19.7 Å². The summed E-state index contributed by atoms with van der Waals surface area (Å²) >= 11 is 0. The van der Waals surface area contributed by atoms with Gasteiger partial charge < -0.3 is 4.42 Å². The third-order valence-electron chi connectivity index (χ3n) is 3.81. The Morgan fingerprint density at radius 2 is 2.25 bits per heavy atom. The minimum Gasteiger partial charge on any atom is -0.445 e. The molecular formula is C15H16FNO2S. The molecule has 0 N–H and O–H groups in total. The lowest BCUT2D eigenvalue weighted by atomic mass is 10.1.